The van der Waals surface area contributed by atoms with Crippen LogP contribution in [0.3, 0.4) is 0 Å². The Morgan fingerprint density at radius 3 is 2.41 bits per heavy atom. The first-order valence-electron chi connectivity index (χ1n) is 8.85. The predicted octanol–water partition coefficient (Wildman–Crippen LogP) is 3.25. The van der Waals surface area contributed by atoms with Gasteiger partial charge in [-0.15, -0.1) is 0 Å². The predicted molar refractivity (Wildman–Crippen MR) is 107 cm³/mol. The van der Waals surface area contributed by atoms with Gasteiger partial charge >= 0.3 is 0 Å². The summed E-state index contributed by atoms with van der Waals surface area (Å²) in [7, 11) is 3.71. The third kappa shape index (κ3) is 3.56. The Bertz CT molecular complexity index is 1230. The van der Waals surface area contributed by atoms with Gasteiger partial charge in [-0.3, -0.25) is 14.3 Å². The number of anilines is 1. The fourth-order valence-corrected chi connectivity index (χ4v) is 3.03. The van der Waals surface area contributed by atoms with Crippen molar-refractivity contribution in [3.63, 3.8) is 0 Å². The summed E-state index contributed by atoms with van der Waals surface area (Å²) >= 11 is 0. The lowest BCUT2D eigenvalue weighted by molar-refractivity contribution is 0.541. The molecule has 0 saturated carbocycles. The van der Waals surface area contributed by atoms with Crippen molar-refractivity contribution in [3.05, 3.63) is 82.8 Å². The topological polar surface area (TPSA) is 63.9 Å². The summed E-state index contributed by atoms with van der Waals surface area (Å²) in [6.07, 6.45) is 5.77. The van der Waals surface area contributed by atoms with Crippen molar-refractivity contribution < 1.29 is 8.78 Å². The smallest absolute Gasteiger partial charge is 0.261 e. The van der Waals surface area contributed by atoms with Crippen molar-refractivity contribution in [3.8, 4) is 11.1 Å². The lowest BCUT2D eigenvalue weighted by atomic mass is 10.0. The number of halogens is 2. The van der Waals surface area contributed by atoms with Gasteiger partial charge in [-0.05, 0) is 35.9 Å². The summed E-state index contributed by atoms with van der Waals surface area (Å²) in [6, 6.07) is 7.54. The molecule has 0 fully saturated rings. The van der Waals surface area contributed by atoms with Gasteiger partial charge in [0, 0.05) is 37.6 Å². The second-order valence-electron chi connectivity index (χ2n) is 6.79. The zero-order valence-electron chi connectivity index (χ0n) is 15.8. The molecule has 4 aromatic rings. The van der Waals surface area contributed by atoms with E-state index in [0.717, 1.165) is 5.82 Å². The second-order valence-corrected chi connectivity index (χ2v) is 6.79. The van der Waals surface area contributed by atoms with E-state index in [4.69, 9.17) is 0 Å². The molecule has 0 aliphatic carbocycles. The van der Waals surface area contributed by atoms with E-state index in [0.29, 0.717) is 22.0 Å². The first kappa shape index (κ1) is 18.7. The Morgan fingerprint density at radius 1 is 1.00 bits per heavy atom. The molecule has 0 aliphatic heterocycles. The molecule has 3 aromatic heterocycles. The number of fused-ring (bicyclic) bond motifs is 1. The number of nitrogens with zero attached hydrogens (tertiary/aromatic N) is 5. The van der Waals surface area contributed by atoms with Gasteiger partial charge in [-0.2, -0.15) is 0 Å². The summed E-state index contributed by atoms with van der Waals surface area (Å²) in [5, 5.41) is 0.340. The zero-order valence-corrected chi connectivity index (χ0v) is 15.8. The standard InChI is InChI=1S/C21H17F2N5O/c1-27(2)20-4-3-13(9-25-20)14-7-17(22)16(18(23)8-14)11-28-12-26-19-10-24-6-5-15(19)21(28)29/h3-10,12H,11H2,1-2H3. The van der Waals surface area contributed by atoms with Crippen molar-refractivity contribution in [1.82, 2.24) is 19.5 Å². The molecule has 0 unspecified atom stereocenters. The van der Waals surface area contributed by atoms with Crippen LogP contribution in [0.1, 0.15) is 5.56 Å². The van der Waals surface area contributed by atoms with Crippen LogP contribution in [0.25, 0.3) is 22.0 Å². The zero-order chi connectivity index (χ0) is 20.5. The molecule has 0 radical (unpaired) electrons. The number of hydrogen-bond donors (Lipinski definition) is 0. The monoisotopic (exact) mass is 393 g/mol. The van der Waals surface area contributed by atoms with E-state index >= 15 is 0 Å². The highest BCUT2D eigenvalue weighted by Gasteiger charge is 2.15. The van der Waals surface area contributed by atoms with Crippen molar-refractivity contribution in [1.29, 1.82) is 0 Å². The van der Waals surface area contributed by atoms with E-state index in [1.807, 2.05) is 19.0 Å². The molecule has 0 amide bonds. The molecule has 0 spiro atoms. The highest BCUT2D eigenvalue weighted by molar-refractivity contribution is 5.75. The van der Waals surface area contributed by atoms with Crippen molar-refractivity contribution in [2.24, 2.45) is 0 Å². The third-order valence-corrected chi connectivity index (χ3v) is 4.64. The Labute approximate surface area is 165 Å². The average Bonchev–Trinajstić information content (AvgIpc) is 2.72. The molecule has 8 heteroatoms. The van der Waals surface area contributed by atoms with Crippen LogP contribution in [0.4, 0.5) is 14.6 Å². The van der Waals surface area contributed by atoms with Gasteiger partial charge in [-0.1, -0.05) is 0 Å². The van der Waals surface area contributed by atoms with Crippen LogP contribution in [-0.2, 0) is 6.54 Å². The number of rotatable bonds is 4. The Morgan fingerprint density at radius 2 is 1.76 bits per heavy atom. The maximum Gasteiger partial charge on any atom is 0.261 e. The van der Waals surface area contributed by atoms with Crippen LogP contribution in [0.5, 0.6) is 0 Å². The molecule has 0 saturated heterocycles. The summed E-state index contributed by atoms with van der Waals surface area (Å²) in [4.78, 5) is 26.7. The van der Waals surface area contributed by atoms with Crippen LogP contribution in [0, 0.1) is 11.6 Å². The summed E-state index contributed by atoms with van der Waals surface area (Å²) in [5.41, 5.74) is 0.806. The molecular weight excluding hydrogens is 376 g/mol. The molecule has 29 heavy (non-hydrogen) atoms. The Hall–Kier alpha value is -3.68. The number of pyridine rings is 2. The minimum Gasteiger partial charge on any atom is -0.363 e. The van der Waals surface area contributed by atoms with Crippen LogP contribution >= 0.6 is 0 Å². The third-order valence-electron chi connectivity index (χ3n) is 4.64. The van der Waals surface area contributed by atoms with Crippen molar-refractivity contribution in [2.75, 3.05) is 19.0 Å². The molecule has 1 aromatic carbocycles. The van der Waals surface area contributed by atoms with Crippen molar-refractivity contribution in [2.45, 2.75) is 6.54 Å². The SMILES string of the molecule is CN(C)c1ccc(-c2cc(F)c(Cn3cnc4cnccc4c3=O)c(F)c2)cn1. The van der Waals surface area contributed by atoms with Gasteiger partial charge in [0.25, 0.3) is 5.56 Å². The minimum absolute atomic E-state index is 0.205. The van der Waals surface area contributed by atoms with E-state index in [1.54, 1.807) is 18.3 Å². The maximum absolute atomic E-state index is 14.7. The van der Waals surface area contributed by atoms with E-state index in [-0.39, 0.29) is 17.7 Å². The van der Waals surface area contributed by atoms with Gasteiger partial charge in [-0.25, -0.2) is 18.7 Å². The second kappa shape index (κ2) is 7.38. The van der Waals surface area contributed by atoms with Gasteiger partial charge < -0.3 is 4.90 Å². The van der Waals surface area contributed by atoms with E-state index in [1.165, 1.54) is 41.5 Å². The molecule has 6 nitrogen and oxygen atoms in total. The van der Waals surface area contributed by atoms with Crippen LogP contribution in [0.2, 0.25) is 0 Å². The van der Waals surface area contributed by atoms with E-state index in [9.17, 15) is 13.6 Å². The molecule has 0 bridgehead atoms. The minimum atomic E-state index is -0.738. The summed E-state index contributed by atoms with van der Waals surface area (Å²) < 4.78 is 30.6. The lowest BCUT2D eigenvalue weighted by Gasteiger charge is -2.13. The van der Waals surface area contributed by atoms with Gasteiger partial charge in [0.05, 0.1) is 30.0 Å². The highest BCUT2D eigenvalue weighted by atomic mass is 19.1. The number of aromatic nitrogens is 4. The van der Waals surface area contributed by atoms with Crippen molar-refractivity contribution >= 4 is 16.7 Å². The van der Waals surface area contributed by atoms with E-state index < -0.39 is 11.6 Å². The lowest BCUT2D eigenvalue weighted by Crippen LogP contribution is -2.22. The first-order chi connectivity index (χ1) is 13.9. The molecule has 0 N–H and O–H groups in total. The largest absolute Gasteiger partial charge is 0.363 e. The quantitative estimate of drug-likeness (QED) is 0.533. The number of hydrogen-bond acceptors (Lipinski definition) is 5. The molecule has 3 heterocycles. The molecular formula is C21H17F2N5O. The fourth-order valence-electron chi connectivity index (χ4n) is 3.03. The van der Waals surface area contributed by atoms with Crippen LogP contribution in [-0.4, -0.2) is 33.6 Å². The van der Waals surface area contributed by atoms with Crippen LogP contribution in [0.15, 0.2) is 60.0 Å². The normalized spacial score (nSPS) is 11.0. The fraction of sp³-hybridized carbons (Fsp3) is 0.143. The Kier molecular flexibility index (Phi) is 4.75. The summed E-state index contributed by atoms with van der Waals surface area (Å²) in [6.45, 7) is -0.264. The Balaban J connectivity index is 1.69. The van der Waals surface area contributed by atoms with Gasteiger partial charge in [0.15, 0.2) is 0 Å². The molecule has 0 aliphatic rings. The maximum atomic E-state index is 14.7. The summed E-state index contributed by atoms with van der Waals surface area (Å²) in [5.74, 6) is -0.735. The van der Waals surface area contributed by atoms with Crippen LogP contribution < -0.4 is 10.5 Å². The molecule has 4 rings (SSSR count). The number of benzene rings is 1. The molecule has 146 valence electrons. The average molecular weight is 393 g/mol. The van der Waals surface area contributed by atoms with Gasteiger partial charge in [0.2, 0.25) is 0 Å². The molecule has 0 atom stereocenters. The highest BCUT2D eigenvalue weighted by Crippen LogP contribution is 2.25. The van der Waals surface area contributed by atoms with E-state index in [2.05, 4.69) is 15.0 Å². The van der Waals surface area contributed by atoms with Gasteiger partial charge in [0.1, 0.15) is 17.5 Å². The first-order valence-corrected chi connectivity index (χ1v) is 8.85.